The van der Waals surface area contributed by atoms with Crippen LogP contribution in [-0.4, -0.2) is 20.9 Å². The van der Waals surface area contributed by atoms with Crippen molar-refractivity contribution >= 4 is 23.4 Å². The second-order valence-electron chi connectivity index (χ2n) is 3.87. The highest BCUT2D eigenvalue weighted by molar-refractivity contribution is 7.10. The first-order valence-electron chi connectivity index (χ1n) is 5.44. The van der Waals surface area contributed by atoms with Gasteiger partial charge in [0, 0.05) is 17.2 Å². The summed E-state index contributed by atoms with van der Waals surface area (Å²) >= 11 is 1.33. The van der Waals surface area contributed by atoms with Crippen LogP contribution in [0.15, 0.2) is 29.8 Å². The van der Waals surface area contributed by atoms with Gasteiger partial charge in [-0.25, -0.2) is 4.79 Å². The molecule has 2 rings (SSSR count). The standard InChI is InChI=1S/C12H9F3N2O2S/c13-12(14,15)10-3-5-17(16-10)7-9-8(4-6-20-9)1-2-11(18)19/h1-6H,7H2,(H,18,19). The van der Waals surface area contributed by atoms with Crippen molar-refractivity contribution in [2.75, 3.05) is 0 Å². The summed E-state index contributed by atoms with van der Waals surface area (Å²) in [5.74, 6) is -1.08. The van der Waals surface area contributed by atoms with Gasteiger partial charge in [-0.1, -0.05) is 0 Å². The zero-order chi connectivity index (χ0) is 14.8. The summed E-state index contributed by atoms with van der Waals surface area (Å²) in [6.07, 6.45) is -0.835. The van der Waals surface area contributed by atoms with E-state index in [0.717, 1.165) is 17.0 Å². The molecule has 0 radical (unpaired) electrons. The Hall–Kier alpha value is -2.09. The molecule has 0 spiro atoms. The molecular weight excluding hydrogens is 293 g/mol. The molecule has 0 bridgehead atoms. The third-order valence-electron chi connectivity index (χ3n) is 2.42. The molecule has 0 unspecified atom stereocenters. The van der Waals surface area contributed by atoms with E-state index in [1.807, 2.05) is 0 Å². The van der Waals surface area contributed by atoms with Crippen LogP contribution in [0.5, 0.6) is 0 Å². The molecule has 0 fully saturated rings. The monoisotopic (exact) mass is 302 g/mol. The maximum Gasteiger partial charge on any atom is 0.435 e. The molecule has 2 aromatic heterocycles. The van der Waals surface area contributed by atoms with Crippen LogP contribution in [0, 0.1) is 0 Å². The number of thiophene rings is 1. The zero-order valence-corrected chi connectivity index (χ0v) is 10.8. The third kappa shape index (κ3) is 3.47. The van der Waals surface area contributed by atoms with E-state index in [1.165, 1.54) is 28.3 Å². The highest BCUT2D eigenvalue weighted by Crippen LogP contribution is 2.27. The van der Waals surface area contributed by atoms with Gasteiger partial charge in [-0.15, -0.1) is 11.3 Å². The van der Waals surface area contributed by atoms with Crippen LogP contribution < -0.4 is 0 Å². The SMILES string of the molecule is O=C(O)C=Cc1ccsc1Cn1ccc(C(F)(F)F)n1. The molecule has 8 heteroatoms. The number of carbonyl (C=O) groups is 1. The second-order valence-corrected chi connectivity index (χ2v) is 4.87. The Morgan fingerprint density at radius 1 is 1.45 bits per heavy atom. The van der Waals surface area contributed by atoms with Crippen molar-refractivity contribution in [3.8, 4) is 0 Å². The third-order valence-corrected chi connectivity index (χ3v) is 3.34. The lowest BCUT2D eigenvalue weighted by Crippen LogP contribution is -2.08. The summed E-state index contributed by atoms with van der Waals surface area (Å²) in [4.78, 5) is 11.2. The minimum Gasteiger partial charge on any atom is -0.478 e. The van der Waals surface area contributed by atoms with Gasteiger partial charge in [-0.05, 0) is 29.2 Å². The Kier molecular flexibility index (Phi) is 3.93. The molecular formula is C12H9F3N2O2S. The van der Waals surface area contributed by atoms with E-state index in [-0.39, 0.29) is 6.54 Å². The Morgan fingerprint density at radius 2 is 2.20 bits per heavy atom. The molecule has 1 N–H and O–H groups in total. The van der Waals surface area contributed by atoms with Crippen LogP contribution in [0.2, 0.25) is 0 Å². The number of aromatic nitrogens is 2. The van der Waals surface area contributed by atoms with Crippen molar-refractivity contribution in [1.82, 2.24) is 9.78 Å². The zero-order valence-electron chi connectivity index (χ0n) is 9.96. The van der Waals surface area contributed by atoms with Crippen LogP contribution in [0.3, 0.4) is 0 Å². The molecule has 20 heavy (non-hydrogen) atoms. The largest absolute Gasteiger partial charge is 0.478 e. The molecule has 0 aliphatic rings. The van der Waals surface area contributed by atoms with Crippen molar-refractivity contribution in [2.24, 2.45) is 0 Å². The Bertz CT molecular complexity index is 643. The van der Waals surface area contributed by atoms with Crippen LogP contribution >= 0.6 is 11.3 Å². The first-order valence-corrected chi connectivity index (χ1v) is 6.32. The van der Waals surface area contributed by atoms with Crippen LogP contribution in [0.25, 0.3) is 6.08 Å². The summed E-state index contributed by atoms with van der Waals surface area (Å²) in [5, 5.41) is 13.8. The predicted molar refractivity (Wildman–Crippen MR) is 67.3 cm³/mol. The normalized spacial score (nSPS) is 12.2. The molecule has 106 valence electrons. The fourth-order valence-corrected chi connectivity index (χ4v) is 2.39. The fourth-order valence-electron chi connectivity index (χ4n) is 1.54. The first kappa shape index (κ1) is 14.3. The van der Waals surface area contributed by atoms with E-state index in [1.54, 1.807) is 11.4 Å². The lowest BCUT2D eigenvalue weighted by molar-refractivity contribution is -0.141. The van der Waals surface area contributed by atoms with Gasteiger partial charge < -0.3 is 5.11 Å². The molecule has 0 saturated heterocycles. The molecule has 0 saturated carbocycles. The minimum atomic E-state index is -4.47. The number of carboxylic acids is 1. The summed E-state index contributed by atoms with van der Waals surface area (Å²) in [6, 6.07) is 2.61. The summed E-state index contributed by atoms with van der Waals surface area (Å²) in [6.45, 7) is 0.160. The van der Waals surface area contributed by atoms with Crippen molar-refractivity contribution in [2.45, 2.75) is 12.7 Å². The summed E-state index contributed by atoms with van der Waals surface area (Å²) in [7, 11) is 0. The highest BCUT2D eigenvalue weighted by Gasteiger charge is 2.33. The van der Waals surface area contributed by atoms with Crippen molar-refractivity contribution in [1.29, 1.82) is 0 Å². The van der Waals surface area contributed by atoms with Gasteiger partial charge in [0.05, 0.1) is 6.54 Å². The average molecular weight is 302 g/mol. The number of carboxylic acid groups (broad SMARTS) is 1. The van der Waals surface area contributed by atoms with Crippen molar-refractivity contribution < 1.29 is 23.1 Å². The first-order chi connectivity index (χ1) is 9.36. The smallest absolute Gasteiger partial charge is 0.435 e. The Morgan fingerprint density at radius 3 is 2.80 bits per heavy atom. The van der Waals surface area contributed by atoms with Gasteiger partial charge in [0.15, 0.2) is 5.69 Å². The maximum atomic E-state index is 12.4. The molecule has 2 aromatic rings. The summed E-state index contributed by atoms with van der Waals surface area (Å²) < 4.78 is 38.4. The number of halogens is 3. The maximum absolute atomic E-state index is 12.4. The Balaban J connectivity index is 2.17. The minimum absolute atomic E-state index is 0.160. The van der Waals surface area contributed by atoms with Gasteiger partial charge in [-0.2, -0.15) is 18.3 Å². The van der Waals surface area contributed by atoms with E-state index in [0.29, 0.717) is 5.56 Å². The van der Waals surface area contributed by atoms with Gasteiger partial charge in [0.1, 0.15) is 0 Å². The fraction of sp³-hybridized carbons (Fsp3) is 0.167. The topological polar surface area (TPSA) is 55.1 Å². The lowest BCUT2D eigenvalue weighted by Gasteiger charge is -2.03. The molecule has 0 atom stereocenters. The number of hydrogen-bond acceptors (Lipinski definition) is 3. The van der Waals surface area contributed by atoms with Gasteiger partial charge in [0.2, 0.25) is 0 Å². The molecule has 2 heterocycles. The number of rotatable bonds is 4. The molecule has 0 aliphatic carbocycles. The number of hydrogen-bond donors (Lipinski definition) is 1. The predicted octanol–water partition coefficient (Wildman–Crippen LogP) is 3.11. The molecule has 0 aliphatic heterocycles. The van der Waals surface area contributed by atoms with Gasteiger partial charge in [0.25, 0.3) is 0 Å². The lowest BCUT2D eigenvalue weighted by atomic mass is 10.2. The van der Waals surface area contributed by atoms with Crippen molar-refractivity contribution in [3.05, 3.63) is 45.9 Å². The van der Waals surface area contributed by atoms with E-state index in [9.17, 15) is 18.0 Å². The van der Waals surface area contributed by atoms with Crippen LogP contribution in [0.1, 0.15) is 16.1 Å². The van der Waals surface area contributed by atoms with E-state index >= 15 is 0 Å². The Labute approximate surface area is 115 Å². The number of nitrogens with zero attached hydrogens (tertiary/aromatic N) is 2. The van der Waals surface area contributed by atoms with Gasteiger partial charge in [-0.3, -0.25) is 4.68 Å². The van der Waals surface area contributed by atoms with Crippen LogP contribution in [0.4, 0.5) is 13.2 Å². The van der Waals surface area contributed by atoms with Gasteiger partial charge >= 0.3 is 12.1 Å². The van der Waals surface area contributed by atoms with Crippen molar-refractivity contribution in [3.63, 3.8) is 0 Å². The summed E-state index contributed by atoms with van der Waals surface area (Å²) in [5.41, 5.74) is -0.293. The number of alkyl halides is 3. The molecule has 0 amide bonds. The van der Waals surface area contributed by atoms with E-state index < -0.39 is 17.8 Å². The van der Waals surface area contributed by atoms with E-state index in [2.05, 4.69) is 5.10 Å². The highest BCUT2D eigenvalue weighted by atomic mass is 32.1. The molecule has 0 aromatic carbocycles. The van der Waals surface area contributed by atoms with E-state index in [4.69, 9.17) is 5.11 Å². The average Bonchev–Trinajstić information content (AvgIpc) is 2.95. The quantitative estimate of drug-likeness (QED) is 0.883. The molecule has 4 nitrogen and oxygen atoms in total. The second kappa shape index (κ2) is 5.49. The number of aliphatic carboxylic acids is 1. The van der Waals surface area contributed by atoms with Crippen LogP contribution in [-0.2, 0) is 17.5 Å².